The van der Waals surface area contributed by atoms with Gasteiger partial charge >= 0.3 is 0 Å². The Hall–Kier alpha value is -2.80. The Kier molecular flexibility index (Phi) is 7.77. The van der Waals surface area contributed by atoms with E-state index < -0.39 is 0 Å². The van der Waals surface area contributed by atoms with E-state index >= 15 is 0 Å². The maximum Gasteiger partial charge on any atom is 0.235 e. The lowest BCUT2D eigenvalue weighted by atomic mass is 10.00. The number of carbonyl (C=O) groups excluding carboxylic acids is 2. The molecule has 0 bridgehead atoms. The molecule has 21 heavy (non-hydrogen) atoms. The molecule has 0 fully saturated rings. The van der Waals surface area contributed by atoms with Crippen molar-refractivity contribution in [3.8, 4) is 0 Å². The molecule has 2 aromatic rings. The molecule has 0 saturated carbocycles. The fourth-order valence-electron chi connectivity index (χ4n) is 1.99. The number of aliphatic imine (C=N–C) groups is 1. The molecular formula is C17H16N2O2. The molecule has 0 aliphatic carbocycles. The number of aryl methyl sites for hydroxylation is 1. The monoisotopic (exact) mass is 280 g/mol. The van der Waals surface area contributed by atoms with Crippen LogP contribution in [0.5, 0.6) is 0 Å². The number of isocyanates is 2. The highest BCUT2D eigenvalue weighted by Crippen LogP contribution is 2.22. The topological polar surface area (TPSA) is 70.3 Å². The summed E-state index contributed by atoms with van der Waals surface area (Å²) >= 11 is 0. The summed E-state index contributed by atoms with van der Waals surface area (Å²) in [5.41, 5.74) is 2.33. The van der Waals surface area contributed by atoms with Gasteiger partial charge in [0.15, 0.2) is 0 Å². The summed E-state index contributed by atoms with van der Waals surface area (Å²) in [6, 6.07) is 20.0. The summed E-state index contributed by atoms with van der Waals surface area (Å²) in [6.45, 7) is 0. The first-order chi connectivity index (χ1) is 10.3. The average Bonchev–Trinajstić information content (AvgIpc) is 2.54. The van der Waals surface area contributed by atoms with Crippen LogP contribution < -0.4 is 0 Å². The Balaban J connectivity index is 0.000000677. The first-order valence-electron chi connectivity index (χ1n) is 6.51. The van der Waals surface area contributed by atoms with Gasteiger partial charge in [-0.05, 0) is 24.0 Å². The van der Waals surface area contributed by atoms with E-state index in [0.29, 0.717) is 0 Å². The van der Waals surface area contributed by atoms with Crippen LogP contribution in [-0.4, -0.2) is 12.2 Å². The zero-order valence-corrected chi connectivity index (χ0v) is 11.5. The number of nitrogens with one attached hydrogen (secondary N) is 1. The van der Waals surface area contributed by atoms with E-state index in [9.17, 15) is 4.79 Å². The van der Waals surface area contributed by atoms with E-state index in [2.05, 4.69) is 17.1 Å². The van der Waals surface area contributed by atoms with Gasteiger partial charge in [0.2, 0.25) is 12.2 Å². The van der Waals surface area contributed by atoms with E-state index in [0.717, 1.165) is 24.5 Å². The van der Waals surface area contributed by atoms with Gasteiger partial charge in [-0.25, -0.2) is 15.0 Å². The van der Waals surface area contributed by atoms with Crippen molar-refractivity contribution in [3.63, 3.8) is 0 Å². The number of hydrogen-bond donors (Lipinski definition) is 1. The van der Waals surface area contributed by atoms with Crippen LogP contribution in [-0.2, 0) is 16.0 Å². The van der Waals surface area contributed by atoms with Gasteiger partial charge in [-0.1, -0.05) is 60.7 Å². The van der Waals surface area contributed by atoms with Gasteiger partial charge in [-0.2, -0.15) is 4.99 Å². The molecule has 0 aromatic heterocycles. The minimum Gasteiger partial charge on any atom is -0.222 e. The zero-order chi connectivity index (χ0) is 15.3. The van der Waals surface area contributed by atoms with Crippen molar-refractivity contribution in [1.29, 1.82) is 5.41 Å². The summed E-state index contributed by atoms with van der Waals surface area (Å²) in [7, 11) is 0. The van der Waals surface area contributed by atoms with E-state index in [-0.39, 0.29) is 6.04 Å². The highest BCUT2D eigenvalue weighted by Gasteiger charge is 2.09. The standard InChI is InChI=1S/C16H15NO.CHNO/c18-13-17-16(15-9-5-2-6-10-15)12-11-14-7-3-1-4-8-14;2-1-3/h1-10,16H,11-12H2;2H. The molecule has 1 unspecified atom stereocenters. The van der Waals surface area contributed by atoms with Crippen LogP contribution in [0.2, 0.25) is 0 Å². The van der Waals surface area contributed by atoms with Crippen LogP contribution >= 0.6 is 0 Å². The van der Waals surface area contributed by atoms with Crippen LogP contribution in [0.25, 0.3) is 0 Å². The minimum absolute atomic E-state index is 0.0936. The van der Waals surface area contributed by atoms with Crippen LogP contribution in [0, 0.1) is 5.41 Å². The molecule has 0 heterocycles. The average molecular weight is 280 g/mol. The summed E-state index contributed by atoms with van der Waals surface area (Å²) in [4.78, 5) is 22.8. The molecule has 4 nitrogen and oxygen atoms in total. The van der Waals surface area contributed by atoms with Crippen molar-refractivity contribution in [1.82, 2.24) is 0 Å². The smallest absolute Gasteiger partial charge is 0.222 e. The van der Waals surface area contributed by atoms with Crippen molar-refractivity contribution < 1.29 is 9.59 Å². The van der Waals surface area contributed by atoms with Gasteiger partial charge in [0, 0.05) is 0 Å². The third-order valence-electron chi connectivity index (χ3n) is 2.94. The molecule has 0 amide bonds. The maximum absolute atomic E-state index is 10.5. The van der Waals surface area contributed by atoms with Gasteiger partial charge < -0.3 is 0 Å². The number of hydrogen-bond acceptors (Lipinski definition) is 4. The molecular weight excluding hydrogens is 264 g/mol. The molecule has 106 valence electrons. The molecule has 4 heteroatoms. The number of benzene rings is 2. The molecule has 2 rings (SSSR count). The van der Waals surface area contributed by atoms with Crippen LogP contribution in [0.1, 0.15) is 23.6 Å². The van der Waals surface area contributed by atoms with Crippen molar-refractivity contribution in [2.75, 3.05) is 0 Å². The molecule has 0 radical (unpaired) electrons. The Labute approximate surface area is 123 Å². The van der Waals surface area contributed by atoms with Crippen molar-refractivity contribution in [2.24, 2.45) is 4.99 Å². The molecule has 1 atom stereocenters. The zero-order valence-electron chi connectivity index (χ0n) is 11.5. The second-order valence-corrected chi connectivity index (χ2v) is 4.27. The number of rotatable bonds is 5. The molecule has 0 aliphatic heterocycles. The minimum atomic E-state index is -0.0936. The van der Waals surface area contributed by atoms with Crippen LogP contribution in [0.15, 0.2) is 65.7 Å². The first kappa shape index (κ1) is 16.3. The summed E-state index contributed by atoms with van der Waals surface area (Å²) in [5, 5.41) is 5.40. The SMILES string of the molecule is N=C=O.O=C=NC(CCc1ccccc1)c1ccccc1. The number of nitrogens with zero attached hydrogens (tertiary/aromatic N) is 1. The highest BCUT2D eigenvalue weighted by molar-refractivity contribution is 5.35. The van der Waals surface area contributed by atoms with Crippen LogP contribution in [0.4, 0.5) is 0 Å². The Bertz CT molecular complexity index is 599. The van der Waals surface area contributed by atoms with Crippen molar-refractivity contribution in [2.45, 2.75) is 18.9 Å². The van der Waals surface area contributed by atoms with E-state index in [1.54, 1.807) is 6.08 Å². The highest BCUT2D eigenvalue weighted by atomic mass is 16.1. The van der Waals surface area contributed by atoms with Crippen molar-refractivity contribution >= 4 is 12.2 Å². The fourth-order valence-corrected chi connectivity index (χ4v) is 1.99. The first-order valence-corrected chi connectivity index (χ1v) is 6.51. The third kappa shape index (κ3) is 6.26. The summed E-state index contributed by atoms with van der Waals surface area (Å²) in [5.74, 6) is 0. The van der Waals surface area contributed by atoms with Gasteiger partial charge in [0.1, 0.15) is 0 Å². The second-order valence-electron chi connectivity index (χ2n) is 4.27. The van der Waals surface area contributed by atoms with Gasteiger partial charge in [-0.3, -0.25) is 0 Å². The van der Waals surface area contributed by atoms with Gasteiger partial charge in [-0.15, -0.1) is 0 Å². The van der Waals surface area contributed by atoms with Gasteiger partial charge in [0.05, 0.1) is 6.04 Å². The Morgan fingerprint density at radius 2 is 1.48 bits per heavy atom. The summed E-state index contributed by atoms with van der Waals surface area (Å²) in [6.07, 6.45) is 4.16. The summed E-state index contributed by atoms with van der Waals surface area (Å²) < 4.78 is 0. The maximum atomic E-state index is 10.5. The van der Waals surface area contributed by atoms with E-state index in [4.69, 9.17) is 10.2 Å². The molecule has 0 spiro atoms. The normalized spacial score (nSPS) is 10.3. The van der Waals surface area contributed by atoms with Gasteiger partial charge in [0.25, 0.3) is 0 Å². The molecule has 0 aliphatic rings. The Morgan fingerprint density at radius 1 is 0.952 bits per heavy atom. The molecule has 0 saturated heterocycles. The lowest BCUT2D eigenvalue weighted by Crippen LogP contribution is -1.98. The second kappa shape index (κ2) is 10.0. The molecule has 1 N–H and O–H groups in total. The van der Waals surface area contributed by atoms with Crippen LogP contribution in [0.3, 0.4) is 0 Å². The quantitative estimate of drug-likeness (QED) is 0.671. The largest absolute Gasteiger partial charge is 0.235 e. The predicted molar refractivity (Wildman–Crippen MR) is 80.5 cm³/mol. The van der Waals surface area contributed by atoms with Crippen molar-refractivity contribution in [3.05, 3.63) is 71.8 Å². The predicted octanol–water partition coefficient (Wildman–Crippen LogP) is 3.60. The van der Waals surface area contributed by atoms with E-state index in [1.807, 2.05) is 48.5 Å². The Morgan fingerprint density at radius 3 is 2.00 bits per heavy atom. The lowest BCUT2D eigenvalue weighted by Gasteiger charge is -2.10. The fraction of sp³-hybridized carbons (Fsp3) is 0.176. The van der Waals surface area contributed by atoms with E-state index in [1.165, 1.54) is 5.56 Å². The molecule has 2 aromatic carbocycles. The third-order valence-corrected chi connectivity index (χ3v) is 2.94. The lowest BCUT2D eigenvalue weighted by molar-refractivity contribution is 0.553.